The lowest BCUT2D eigenvalue weighted by Crippen LogP contribution is -2.54. The summed E-state index contributed by atoms with van der Waals surface area (Å²) in [5, 5.41) is 8.60. The SMILES string of the molecule is CCOc1ccc2c(c1)CCCC2NC=O.CNC(C)C(=O)NC1CCOC2CC(C)(C)C(C)N2C1=O. The van der Waals surface area contributed by atoms with Gasteiger partial charge in [0.15, 0.2) is 0 Å². The lowest BCUT2D eigenvalue weighted by molar-refractivity contribution is -0.144. The maximum Gasteiger partial charge on any atom is 0.247 e. The fraction of sp³-hybridized carbons (Fsp3) is 0.679. The van der Waals surface area contributed by atoms with Crippen LogP contribution >= 0.6 is 0 Å². The molecule has 2 heterocycles. The molecule has 9 nitrogen and oxygen atoms in total. The third-order valence-corrected chi connectivity index (χ3v) is 7.98. The van der Waals surface area contributed by atoms with E-state index in [-0.39, 0.29) is 41.6 Å². The van der Waals surface area contributed by atoms with Crippen LogP contribution in [0, 0.1) is 5.41 Å². The smallest absolute Gasteiger partial charge is 0.247 e. The van der Waals surface area contributed by atoms with Crippen LogP contribution in [0.15, 0.2) is 18.2 Å². The monoisotopic (exact) mass is 516 g/mol. The number of carbonyl (C=O) groups excluding carboxylic acids is 3. The highest BCUT2D eigenvalue weighted by Crippen LogP contribution is 2.41. The van der Waals surface area contributed by atoms with Crippen LogP contribution in [0.3, 0.4) is 0 Å². The summed E-state index contributed by atoms with van der Waals surface area (Å²) in [6, 6.07) is 5.62. The molecule has 0 saturated carbocycles. The van der Waals surface area contributed by atoms with Gasteiger partial charge in [0.2, 0.25) is 18.2 Å². The number of fused-ring (bicyclic) bond motifs is 2. The summed E-state index contributed by atoms with van der Waals surface area (Å²) >= 11 is 0. The number of rotatable bonds is 7. The number of likely N-dealkylation sites (N-methyl/N-ethyl adjacent to an activating group) is 1. The van der Waals surface area contributed by atoms with Gasteiger partial charge in [-0.2, -0.15) is 0 Å². The zero-order valence-corrected chi connectivity index (χ0v) is 23.1. The molecule has 9 heteroatoms. The highest BCUT2D eigenvalue weighted by atomic mass is 16.5. The summed E-state index contributed by atoms with van der Waals surface area (Å²) in [5.74, 6) is 0.751. The van der Waals surface area contributed by atoms with Crippen molar-refractivity contribution in [2.24, 2.45) is 5.41 Å². The van der Waals surface area contributed by atoms with Gasteiger partial charge in [-0.25, -0.2) is 0 Å². The predicted octanol–water partition coefficient (Wildman–Crippen LogP) is 2.68. The van der Waals surface area contributed by atoms with Crippen LogP contribution in [-0.2, 0) is 25.5 Å². The van der Waals surface area contributed by atoms with E-state index >= 15 is 0 Å². The van der Waals surface area contributed by atoms with E-state index in [2.05, 4.69) is 48.9 Å². The molecule has 2 fully saturated rings. The number of hydrogen-bond acceptors (Lipinski definition) is 6. The van der Waals surface area contributed by atoms with Gasteiger partial charge in [-0.1, -0.05) is 19.9 Å². The van der Waals surface area contributed by atoms with Crippen LogP contribution in [-0.4, -0.2) is 67.7 Å². The minimum absolute atomic E-state index is 0.0211. The first kappa shape index (κ1) is 28.9. The summed E-state index contributed by atoms with van der Waals surface area (Å²) in [4.78, 5) is 37.1. The van der Waals surface area contributed by atoms with Crippen molar-refractivity contribution in [3.63, 3.8) is 0 Å². The first-order valence-electron chi connectivity index (χ1n) is 13.5. The second kappa shape index (κ2) is 12.7. The van der Waals surface area contributed by atoms with E-state index in [0.29, 0.717) is 19.6 Å². The van der Waals surface area contributed by atoms with Gasteiger partial charge < -0.3 is 30.3 Å². The zero-order valence-electron chi connectivity index (χ0n) is 23.1. The van der Waals surface area contributed by atoms with Gasteiger partial charge in [0.25, 0.3) is 0 Å². The highest BCUT2D eigenvalue weighted by Gasteiger charge is 2.49. The van der Waals surface area contributed by atoms with Crippen LogP contribution in [0.5, 0.6) is 5.75 Å². The number of hydrogen-bond donors (Lipinski definition) is 3. The minimum atomic E-state index is -0.491. The standard InChI is InChI=1S/C15H27N3O3.C13H17NO2/c1-9(16-5)13(19)17-11-6-7-21-12-8-15(3,4)10(2)18(12)14(11)20;1-2-16-11-6-7-12-10(8-11)4-3-5-13(12)14-9-15/h9-12,16H,6-8H2,1-5H3,(H,17,19);6-9,13H,2-5H2,1H3,(H,14,15). The van der Waals surface area contributed by atoms with E-state index in [1.165, 1.54) is 11.1 Å². The molecule has 3 aliphatic rings. The summed E-state index contributed by atoms with van der Waals surface area (Å²) in [7, 11) is 1.73. The first-order chi connectivity index (χ1) is 17.6. The molecule has 37 heavy (non-hydrogen) atoms. The van der Waals surface area contributed by atoms with Crippen LogP contribution in [0.4, 0.5) is 0 Å². The van der Waals surface area contributed by atoms with E-state index in [1.807, 2.05) is 17.9 Å². The number of nitrogens with one attached hydrogen (secondary N) is 3. The van der Waals surface area contributed by atoms with E-state index in [4.69, 9.17) is 9.47 Å². The van der Waals surface area contributed by atoms with Crippen molar-refractivity contribution >= 4 is 18.2 Å². The molecule has 1 aromatic rings. The predicted molar refractivity (Wildman–Crippen MR) is 142 cm³/mol. The Bertz CT molecular complexity index is 953. The van der Waals surface area contributed by atoms with Gasteiger partial charge in [-0.05, 0) is 82.2 Å². The summed E-state index contributed by atoms with van der Waals surface area (Å²) in [5.41, 5.74) is 2.57. The van der Waals surface area contributed by atoms with Crippen LogP contribution in [0.2, 0.25) is 0 Å². The molecule has 4 rings (SSSR count). The number of amides is 3. The molecule has 5 atom stereocenters. The summed E-state index contributed by atoms with van der Waals surface area (Å²) in [6.07, 6.45) is 5.22. The average molecular weight is 517 g/mol. The number of nitrogens with zero attached hydrogens (tertiary/aromatic N) is 1. The summed E-state index contributed by atoms with van der Waals surface area (Å²) in [6.45, 7) is 11.3. The molecule has 2 saturated heterocycles. The molecular formula is C28H44N4O5. The molecule has 0 radical (unpaired) electrons. The molecule has 0 spiro atoms. The quantitative estimate of drug-likeness (QED) is 0.481. The molecule has 0 bridgehead atoms. The van der Waals surface area contributed by atoms with Crippen molar-refractivity contribution < 1.29 is 23.9 Å². The second-order valence-corrected chi connectivity index (χ2v) is 10.8. The lowest BCUT2D eigenvalue weighted by atomic mass is 9.85. The topological polar surface area (TPSA) is 109 Å². The van der Waals surface area contributed by atoms with E-state index < -0.39 is 6.04 Å². The molecule has 3 amide bonds. The van der Waals surface area contributed by atoms with Crippen molar-refractivity contribution in [2.75, 3.05) is 20.3 Å². The molecule has 1 aromatic carbocycles. The zero-order chi connectivity index (χ0) is 27.2. The van der Waals surface area contributed by atoms with Crippen LogP contribution in [0.25, 0.3) is 0 Å². The molecule has 5 unspecified atom stereocenters. The summed E-state index contributed by atoms with van der Waals surface area (Å²) < 4.78 is 11.3. The van der Waals surface area contributed by atoms with Gasteiger partial charge in [-0.3, -0.25) is 14.4 Å². The number of carbonyl (C=O) groups is 3. The maximum absolute atomic E-state index is 12.8. The van der Waals surface area contributed by atoms with Gasteiger partial charge in [0.05, 0.1) is 25.3 Å². The Kier molecular flexibility index (Phi) is 9.95. The van der Waals surface area contributed by atoms with E-state index in [1.54, 1.807) is 14.0 Å². The molecule has 1 aliphatic carbocycles. The molecule has 206 valence electrons. The van der Waals surface area contributed by atoms with Crippen LogP contribution in [0.1, 0.15) is 77.5 Å². The van der Waals surface area contributed by atoms with Crippen LogP contribution < -0.4 is 20.7 Å². The third-order valence-electron chi connectivity index (χ3n) is 7.98. The van der Waals surface area contributed by atoms with E-state index in [0.717, 1.165) is 37.8 Å². The first-order valence-corrected chi connectivity index (χ1v) is 13.5. The molecule has 0 aromatic heterocycles. The Hall–Kier alpha value is -2.65. The largest absolute Gasteiger partial charge is 0.494 e. The highest BCUT2D eigenvalue weighted by molar-refractivity contribution is 5.90. The number of ether oxygens (including phenoxy) is 2. The average Bonchev–Trinajstić information content (AvgIpc) is 3.00. The van der Waals surface area contributed by atoms with Crippen molar-refractivity contribution in [3.05, 3.63) is 29.3 Å². The number of aryl methyl sites for hydroxylation is 1. The van der Waals surface area contributed by atoms with Crippen molar-refractivity contribution in [2.45, 2.75) is 97.1 Å². The number of benzene rings is 1. The van der Waals surface area contributed by atoms with Gasteiger partial charge in [-0.15, -0.1) is 0 Å². The third kappa shape index (κ3) is 6.82. The van der Waals surface area contributed by atoms with Crippen molar-refractivity contribution in [1.82, 2.24) is 20.9 Å². The fourth-order valence-electron chi connectivity index (χ4n) is 5.31. The molecule has 3 N–H and O–H groups in total. The lowest BCUT2D eigenvalue weighted by Gasteiger charge is -2.32. The Balaban J connectivity index is 0.000000213. The van der Waals surface area contributed by atoms with Crippen molar-refractivity contribution in [3.8, 4) is 5.75 Å². The second-order valence-electron chi connectivity index (χ2n) is 10.8. The van der Waals surface area contributed by atoms with Gasteiger partial charge >= 0.3 is 0 Å². The Labute approximate surface area is 221 Å². The van der Waals surface area contributed by atoms with Crippen molar-refractivity contribution in [1.29, 1.82) is 0 Å². The minimum Gasteiger partial charge on any atom is -0.494 e. The normalized spacial score (nSPS) is 27.0. The molecular weight excluding hydrogens is 472 g/mol. The molecule has 2 aliphatic heterocycles. The van der Waals surface area contributed by atoms with E-state index in [9.17, 15) is 14.4 Å². The Morgan fingerprint density at radius 2 is 2.05 bits per heavy atom. The fourth-order valence-corrected chi connectivity index (χ4v) is 5.31. The Morgan fingerprint density at radius 3 is 2.73 bits per heavy atom. The Morgan fingerprint density at radius 1 is 1.30 bits per heavy atom. The van der Waals surface area contributed by atoms with Gasteiger partial charge in [0.1, 0.15) is 18.0 Å². The van der Waals surface area contributed by atoms with Gasteiger partial charge in [0, 0.05) is 12.5 Å². The maximum atomic E-state index is 12.8.